The van der Waals surface area contributed by atoms with Crippen LogP contribution in [0.25, 0.3) is 0 Å². The molecule has 0 saturated heterocycles. The molecule has 1 aromatic rings. The van der Waals surface area contributed by atoms with Crippen molar-refractivity contribution in [1.82, 2.24) is 0 Å². The number of carbonyl (C=O) groups is 1. The van der Waals surface area contributed by atoms with Crippen molar-refractivity contribution in [2.45, 2.75) is 19.1 Å². The van der Waals surface area contributed by atoms with Gasteiger partial charge in [0.15, 0.2) is 5.78 Å². The molecule has 0 saturated carbocycles. The van der Waals surface area contributed by atoms with Crippen LogP contribution in [0.1, 0.15) is 12.0 Å². The average Bonchev–Trinajstić information content (AvgIpc) is 2.40. The van der Waals surface area contributed by atoms with Gasteiger partial charge < -0.3 is 14.2 Å². The molecule has 1 atom stereocenters. The Bertz CT molecular complexity index is 400. The largest absolute Gasteiger partial charge is 0.495 e. The number of carbonyl (C=O) groups excluding carboxylic acids is 1. The van der Waals surface area contributed by atoms with E-state index in [4.69, 9.17) is 14.2 Å². The molecular formula is C14H16O4. The number of hydrogen-bond donors (Lipinski definition) is 0. The van der Waals surface area contributed by atoms with Crippen LogP contribution >= 0.6 is 0 Å². The molecule has 2 rings (SSSR count). The molecule has 1 aliphatic rings. The van der Waals surface area contributed by atoms with Crippen LogP contribution in [0.15, 0.2) is 42.7 Å². The minimum Gasteiger partial charge on any atom is -0.495 e. The SMILES string of the molecule is O=C1C=CO[C@@H](COCOCc2ccccc2)C1. The monoisotopic (exact) mass is 248 g/mol. The Balaban J connectivity index is 1.56. The van der Waals surface area contributed by atoms with E-state index in [1.165, 1.54) is 12.3 Å². The van der Waals surface area contributed by atoms with Crippen LogP contribution in [0.2, 0.25) is 0 Å². The standard InChI is InChI=1S/C14H16O4/c15-13-6-7-18-14(8-13)10-17-11-16-9-12-4-2-1-3-5-12/h1-7,14H,8-11H2/t14-/m1/s1. The van der Waals surface area contributed by atoms with E-state index in [0.717, 1.165) is 5.56 Å². The lowest BCUT2D eigenvalue weighted by molar-refractivity contribution is -0.122. The fourth-order valence-corrected chi connectivity index (χ4v) is 1.64. The summed E-state index contributed by atoms with van der Waals surface area (Å²) in [4.78, 5) is 11.1. The molecule has 0 bridgehead atoms. The van der Waals surface area contributed by atoms with Gasteiger partial charge in [0.05, 0.1) is 19.5 Å². The maximum atomic E-state index is 11.1. The summed E-state index contributed by atoms with van der Waals surface area (Å²) in [5.41, 5.74) is 1.10. The van der Waals surface area contributed by atoms with Crippen LogP contribution in [-0.4, -0.2) is 25.3 Å². The number of allylic oxidation sites excluding steroid dienone is 1. The highest BCUT2D eigenvalue weighted by molar-refractivity contribution is 5.90. The van der Waals surface area contributed by atoms with Gasteiger partial charge in [0.2, 0.25) is 0 Å². The van der Waals surface area contributed by atoms with Crippen molar-refractivity contribution in [2.75, 3.05) is 13.4 Å². The molecule has 0 fully saturated rings. The second kappa shape index (κ2) is 6.93. The number of ketones is 1. The topological polar surface area (TPSA) is 44.8 Å². The number of hydrogen-bond acceptors (Lipinski definition) is 4. The Hall–Kier alpha value is -1.65. The zero-order valence-corrected chi connectivity index (χ0v) is 10.1. The van der Waals surface area contributed by atoms with Gasteiger partial charge in [-0.05, 0) is 5.56 Å². The van der Waals surface area contributed by atoms with Gasteiger partial charge in [-0.3, -0.25) is 4.79 Å². The minimum absolute atomic E-state index is 0.0695. The molecule has 0 aromatic heterocycles. The Morgan fingerprint density at radius 2 is 2.06 bits per heavy atom. The summed E-state index contributed by atoms with van der Waals surface area (Å²) in [6.45, 7) is 1.09. The maximum absolute atomic E-state index is 11.1. The molecule has 0 unspecified atom stereocenters. The van der Waals surface area contributed by atoms with Gasteiger partial charge in [-0.25, -0.2) is 0 Å². The Morgan fingerprint density at radius 1 is 1.22 bits per heavy atom. The second-order valence-electron chi connectivity index (χ2n) is 4.05. The normalized spacial score (nSPS) is 18.7. The molecule has 0 spiro atoms. The van der Waals surface area contributed by atoms with E-state index in [0.29, 0.717) is 19.6 Å². The fraction of sp³-hybridized carbons (Fsp3) is 0.357. The summed E-state index contributed by atoms with van der Waals surface area (Å²) in [6.07, 6.45) is 3.03. The quantitative estimate of drug-likeness (QED) is 0.571. The van der Waals surface area contributed by atoms with Gasteiger partial charge in [0.25, 0.3) is 0 Å². The van der Waals surface area contributed by atoms with Gasteiger partial charge >= 0.3 is 0 Å². The second-order valence-corrected chi connectivity index (χ2v) is 4.05. The van der Waals surface area contributed by atoms with Crippen LogP contribution in [-0.2, 0) is 25.6 Å². The lowest BCUT2D eigenvalue weighted by Crippen LogP contribution is -2.24. The van der Waals surface area contributed by atoms with E-state index in [9.17, 15) is 4.79 Å². The van der Waals surface area contributed by atoms with E-state index < -0.39 is 0 Å². The third kappa shape index (κ3) is 4.31. The fourth-order valence-electron chi connectivity index (χ4n) is 1.64. The van der Waals surface area contributed by atoms with E-state index in [2.05, 4.69) is 0 Å². The first kappa shape index (κ1) is 12.8. The van der Waals surface area contributed by atoms with Gasteiger partial charge in [-0.15, -0.1) is 0 Å². The van der Waals surface area contributed by atoms with Crippen LogP contribution < -0.4 is 0 Å². The molecule has 1 aromatic carbocycles. The highest BCUT2D eigenvalue weighted by atomic mass is 16.7. The lowest BCUT2D eigenvalue weighted by Gasteiger charge is -2.18. The van der Waals surface area contributed by atoms with Gasteiger partial charge in [0.1, 0.15) is 12.9 Å². The summed E-state index contributed by atoms with van der Waals surface area (Å²) >= 11 is 0. The summed E-state index contributed by atoms with van der Waals surface area (Å²) in [7, 11) is 0. The molecule has 0 radical (unpaired) electrons. The van der Waals surface area contributed by atoms with Crippen LogP contribution in [0.5, 0.6) is 0 Å². The highest BCUT2D eigenvalue weighted by Gasteiger charge is 2.16. The molecule has 0 N–H and O–H groups in total. The molecule has 0 amide bonds. The molecule has 96 valence electrons. The summed E-state index contributed by atoms with van der Waals surface area (Å²) in [6, 6.07) is 9.88. The predicted octanol–water partition coefficient (Wildman–Crippen LogP) is 2.05. The van der Waals surface area contributed by atoms with Crippen molar-refractivity contribution in [3.63, 3.8) is 0 Å². The first-order valence-corrected chi connectivity index (χ1v) is 5.89. The van der Waals surface area contributed by atoms with E-state index >= 15 is 0 Å². The summed E-state index contributed by atoms with van der Waals surface area (Å²) in [5, 5.41) is 0. The van der Waals surface area contributed by atoms with Crippen molar-refractivity contribution in [3.05, 3.63) is 48.2 Å². The highest BCUT2D eigenvalue weighted by Crippen LogP contribution is 2.08. The molecule has 4 nitrogen and oxygen atoms in total. The number of rotatable bonds is 6. The molecular weight excluding hydrogens is 232 g/mol. The van der Waals surface area contributed by atoms with E-state index in [1.54, 1.807) is 0 Å². The first-order valence-electron chi connectivity index (χ1n) is 5.89. The molecule has 0 aliphatic carbocycles. The van der Waals surface area contributed by atoms with Gasteiger partial charge in [-0.1, -0.05) is 30.3 Å². The van der Waals surface area contributed by atoms with Crippen molar-refractivity contribution >= 4 is 5.78 Å². The summed E-state index contributed by atoms with van der Waals surface area (Å²) in [5.74, 6) is 0.0695. The molecule has 18 heavy (non-hydrogen) atoms. The smallest absolute Gasteiger partial charge is 0.162 e. The third-order valence-electron chi connectivity index (χ3n) is 2.54. The van der Waals surface area contributed by atoms with Crippen LogP contribution in [0.3, 0.4) is 0 Å². The van der Waals surface area contributed by atoms with Gasteiger partial charge in [-0.2, -0.15) is 0 Å². The predicted molar refractivity (Wildman–Crippen MR) is 65.7 cm³/mol. The van der Waals surface area contributed by atoms with Crippen molar-refractivity contribution < 1.29 is 19.0 Å². The van der Waals surface area contributed by atoms with E-state index in [-0.39, 0.29) is 18.7 Å². The molecule has 1 aliphatic heterocycles. The Labute approximate surface area is 106 Å². The minimum atomic E-state index is -0.192. The maximum Gasteiger partial charge on any atom is 0.162 e. The van der Waals surface area contributed by atoms with Crippen molar-refractivity contribution in [1.29, 1.82) is 0 Å². The molecule has 4 heteroatoms. The van der Waals surface area contributed by atoms with Crippen LogP contribution in [0, 0.1) is 0 Å². The number of ether oxygens (including phenoxy) is 3. The number of benzene rings is 1. The average molecular weight is 248 g/mol. The zero-order valence-electron chi connectivity index (χ0n) is 10.1. The lowest BCUT2D eigenvalue weighted by atomic mass is 10.1. The zero-order chi connectivity index (χ0) is 12.6. The van der Waals surface area contributed by atoms with Crippen LogP contribution in [0.4, 0.5) is 0 Å². The van der Waals surface area contributed by atoms with E-state index in [1.807, 2.05) is 30.3 Å². The molecule has 1 heterocycles. The third-order valence-corrected chi connectivity index (χ3v) is 2.54. The Kier molecular flexibility index (Phi) is 4.93. The first-order chi connectivity index (χ1) is 8.84. The van der Waals surface area contributed by atoms with Crippen molar-refractivity contribution in [3.8, 4) is 0 Å². The Morgan fingerprint density at radius 3 is 2.83 bits per heavy atom. The summed E-state index contributed by atoms with van der Waals surface area (Å²) < 4.78 is 15.9. The van der Waals surface area contributed by atoms with Crippen molar-refractivity contribution in [2.24, 2.45) is 0 Å². The van der Waals surface area contributed by atoms with Gasteiger partial charge in [0, 0.05) is 12.5 Å².